The van der Waals surface area contributed by atoms with E-state index in [0.29, 0.717) is 108 Å². The first-order valence-corrected chi connectivity index (χ1v) is 38.4. The third kappa shape index (κ3) is 16.4. The van der Waals surface area contributed by atoms with E-state index in [1.165, 1.54) is 51.7 Å². The number of fused-ring (bicyclic) bond motifs is 7. The van der Waals surface area contributed by atoms with Crippen LogP contribution < -0.4 is 45.2 Å². The number of aromatic amines is 6. The maximum Gasteiger partial charge on any atom is 0.340 e. The lowest BCUT2D eigenvalue weighted by Gasteiger charge is -2.13. The van der Waals surface area contributed by atoms with E-state index in [9.17, 15) is 77.1 Å². The molecule has 30 nitrogen and oxygen atoms in total. The third-order valence-electron chi connectivity index (χ3n) is 17.5. The van der Waals surface area contributed by atoms with Crippen molar-refractivity contribution in [2.24, 2.45) is 0 Å². The fourth-order valence-corrected chi connectivity index (χ4v) is 15.3. The number of alkyl halides is 1. The molecule has 6 aromatic heterocycles. The summed E-state index contributed by atoms with van der Waals surface area (Å²) in [5.74, 6) is -2.23. The van der Waals surface area contributed by atoms with Crippen LogP contribution in [-0.4, -0.2) is 85.1 Å². The predicted molar refractivity (Wildman–Crippen MR) is 461 cm³/mol. The average molecular weight is 2030 g/mol. The molecule has 11 aromatic carbocycles. The molecular weight excluding hydrogens is 1980 g/mol. The molecule has 1 aliphatic heterocycles. The summed E-state index contributed by atoms with van der Waals surface area (Å²) >= 11 is 23.7. The van der Waals surface area contributed by atoms with E-state index >= 15 is 0 Å². The monoisotopic (exact) mass is 2020 g/mol. The summed E-state index contributed by atoms with van der Waals surface area (Å²) in [6.45, 7) is 0. The van der Waals surface area contributed by atoms with Crippen LogP contribution in [0.25, 0.3) is 100 Å². The zero-order valence-corrected chi connectivity index (χ0v) is 68.8. The van der Waals surface area contributed by atoms with Crippen molar-refractivity contribution in [2.75, 3.05) is 18.2 Å². The molecule has 17 aromatic rings. The van der Waals surface area contributed by atoms with Gasteiger partial charge in [0.15, 0.2) is 0 Å². The number of benzene rings is 11. The normalized spacial score (nSPS) is 11.4. The number of hydrogen-bond donors (Lipinski definition) is 8. The number of nitrogen functional groups attached to an aromatic ring is 1. The summed E-state index contributed by atoms with van der Waals surface area (Å²) in [5.41, 5.74) is 12.2. The Hall–Kier alpha value is -12.3. The Morgan fingerprint density at radius 2 is 0.586 bits per heavy atom. The number of hydrogen-bond acceptors (Lipinski definition) is 14. The number of rotatable bonds is 9. The van der Waals surface area contributed by atoms with E-state index in [0.717, 1.165) is 42.9 Å². The molecule has 0 unspecified atom stereocenters. The Labute approximate surface area is 705 Å². The maximum atomic E-state index is 12.7. The van der Waals surface area contributed by atoms with E-state index in [1.807, 2.05) is 54.6 Å². The minimum absolute atomic E-state index is 0. The first-order valence-electron chi connectivity index (χ1n) is 33.5. The quantitative estimate of drug-likeness (QED) is 0.0378. The summed E-state index contributed by atoms with van der Waals surface area (Å²) < 4.78 is 53.8. The molecule has 0 radical (unpaired) electrons. The van der Waals surface area contributed by atoms with Gasteiger partial charge in [0.05, 0.1) is 113 Å². The molecular formula is C76H51Br7F3N17O13. The second-order valence-electron chi connectivity index (χ2n) is 24.4. The second kappa shape index (κ2) is 34.4. The summed E-state index contributed by atoms with van der Waals surface area (Å²) in [7, 11) is -1.00. The Morgan fingerprint density at radius 3 is 0.836 bits per heavy atom. The number of nitrogens with zero attached hydrogens (tertiary/aromatic N) is 9. The van der Waals surface area contributed by atoms with Gasteiger partial charge in [0.25, 0.3) is 0 Å². The number of nitro groups is 3. The van der Waals surface area contributed by atoms with Crippen molar-refractivity contribution in [3.05, 3.63) is 342 Å². The average Bonchev–Trinajstić information content (AvgIpc) is 1.65. The highest BCUT2D eigenvalue weighted by atomic mass is 79.9. The topological polar surface area (TPSA) is 411 Å². The Bertz CT molecular complexity index is 6680. The van der Waals surface area contributed by atoms with E-state index in [1.54, 1.807) is 103 Å². The lowest BCUT2D eigenvalue weighted by atomic mass is 10.2. The summed E-state index contributed by atoms with van der Waals surface area (Å²) in [4.78, 5) is 136. The molecule has 0 fully saturated rings. The molecule has 0 atom stereocenters. The fourth-order valence-electron chi connectivity index (χ4n) is 12.8. The number of halogens is 10. The number of aromatic nitrogens is 12. The van der Waals surface area contributed by atoms with Gasteiger partial charge in [0, 0.05) is 37.0 Å². The molecule has 0 saturated heterocycles. The smallest absolute Gasteiger partial charge is 0.340 e. The number of para-hydroxylation sites is 4. The minimum atomic E-state index is -1.16. The largest absolute Gasteiger partial charge is 0.395 e. The highest BCUT2D eigenvalue weighted by Crippen LogP contribution is 2.37. The molecule has 116 heavy (non-hydrogen) atoms. The third-order valence-corrected chi connectivity index (χ3v) is 21.0. The molecule has 18 rings (SSSR count). The van der Waals surface area contributed by atoms with Crippen LogP contribution in [0.1, 0.15) is 14.4 Å². The lowest BCUT2D eigenvalue weighted by Crippen LogP contribution is -2.19. The number of amides is 1. The summed E-state index contributed by atoms with van der Waals surface area (Å²) in [5, 5.41) is 37.1. The van der Waals surface area contributed by atoms with Gasteiger partial charge in [-0.15, -0.1) is 0 Å². The molecule has 1 amide bonds. The summed E-state index contributed by atoms with van der Waals surface area (Å²) in [6.07, 6.45) is 0.509. The molecule has 0 bridgehead atoms. The van der Waals surface area contributed by atoms with E-state index in [-0.39, 0.29) is 58.8 Å². The Kier molecular flexibility index (Phi) is 24.2. The Morgan fingerprint density at radius 1 is 0.362 bits per heavy atom. The first kappa shape index (κ1) is 81.7. The molecule has 0 saturated carbocycles. The number of nitrogens with two attached hydrogens (primary N) is 1. The standard InChI is InChI=1S/2C20H11Br2N5O4.C20H13Br2N5O2.C8H6BrNO.C6H3F2NO2.CH3F.CH4/c2*21-10-4-6-12-16(8-10)25(19(28)23-12)14-2-1-3-15(18(14)27(30)31)26-17-9-11(22)5-7-13(17)24-20(26)29;21-10-4-6-12-16(8-10)26(19(28)24-12)14-2-1-3-15(18(14)23)27-17-9-11(22)5-7-13(17)25-20(27)29;9-6-1-2-7-5(3-6)4-8(11)10-7;7-4-2-1-3-5(8)6(4)9(10)11;1-2;/h2*1-9H,(H,23,28)(H,24,29);1-9H,23H2,(H,24,28)(H,25,29);1-3H,4H2,(H,10,11);1-3H;1H3;1H4/i;;;;;1D;. The Balaban J connectivity index is 0.000000140. The van der Waals surface area contributed by atoms with Crippen molar-refractivity contribution in [3.63, 3.8) is 0 Å². The molecule has 0 aliphatic carbocycles. The first-order chi connectivity index (χ1) is 55.4. The zero-order chi connectivity index (χ0) is 83.0. The lowest BCUT2D eigenvalue weighted by molar-refractivity contribution is -0.390. The molecule has 7 heterocycles. The van der Waals surface area contributed by atoms with Crippen molar-refractivity contribution in [1.82, 2.24) is 57.3 Å². The number of H-pyrrole nitrogens is 6. The van der Waals surface area contributed by atoms with Crippen LogP contribution in [-0.2, 0) is 11.2 Å². The van der Waals surface area contributed by atoms with Crippen LogP contribution in [0, 0.1) is 42.0 Å². The highest BCUT2D eigenvalue weighted by molar-refractivity contribution is 9.11. The van der Waals surface area contributed by atoms with Crippen molar-refractivity contribution in [2.45, 2.75) is 13.8 Å². The van der Waals surface area contributed by atoms with Gasteiger partial charge in [-0.3, -0.25) is 66.9 Å². The summed E-state index contributed by atoms with van der Waals surface area (Å²) in [6, 6.07) is 54.5. The molecule has 40 heteroatoms. The van der Waals surface area contributed by atoms with Crippen molar-refractivity contribution in [3.8, 4) is 34.1 Å². The van der Waals surface area contributed by atoms with Gasteiger partial charge in [0.2, 0.25) is 17.5 Å². The van der Waals surface area contributed by atoms with Crippen LogP contribution in [0.3, 0.4) is 0 Å². The highest BCUT2D eigenvalue weighted by Gasteiger charge is 2.30. The van der Waals surface area contributed by atoms with E-state index in [4.69, 9.17) is 7.10 Å². The van der Waals surface area contributed by atoms with Crippen molar-refractivity contribution >= 4 is 212 Å². The molecule has 588 valence electrons. The van der Waals surface area contributed by atoms with Crippen LogP contribution in [0.4, 0.5) is 41.6 Å². The SMILES string of the molecule is C.Nc1c(-n2c(=O)[nH]c3ccc(Br)cc32)cccc1-n1c(=O)[nH]c2ccc(Br)cc21.O=C1Cc2cc(Br)ccc2N1.O=[N+]([O-])c1c(F)cccc1F.O=c1[nH]c2ccc(Br)cc2n1-c1cccc(-n2c(=O)[nH]c3ccc(Br)cc32)c1[N+](=O)[O-].O=c1[nH]c2ccc(Br)cc2n1-c1cccc(-n2c(=O)[nH]c3ccc(Br)cc32)c1[N+](=O)[O-].[2H]CF. The number of nitro benzene ring substituents is 3. The number of nitrogens with one attached hydrogen (secondary N) is 7. The van der Waals surface area contributed by atoms with Gasteiger partial charge in [-0.25, -0.2) is 28.8 Å². The van der Waals surface area contributed by atoms with Crippen molar-refractivity contribution < 1.29 is 34.1 Å². The number of anilines is 2. The van der Waals surface area contributed by atoms with Crippen LogP contribution in [0.15, 0.2) is 260 Å². The van der Waals surface area contributed by atoms with Gasteiger partial charge in [-0.2, -0.15) is 8.78 Å². The number of carbonyl (C=O) groups is 1. The maximum absolute atomic E-state index is 12.7. The second-order valence-corrected chi connectivity index (χ2v) is 30.8. The van der Waals surface area contributed by atoms with E-state index in [2.05, 4.69) is 147 Å². The number of carbonyl (C=O) groups excluding carboxylic acids is 1. The minimum Gasteiger partial charge on any atom is -0.395 e. The molecule has 0 spiro atoms. The molecule has 1 aliphatic rings. The van der Waals surface area contributed by atoms with Crippen molar-refractivity contribution in [1.29, 1.82) is 0 Å². The van der Waals surface area contributed by atoms with Gasteiger partial charge in [-0.05, 0) is 181 Å². The van der Waals surface area contributed by atoms with Gasteiger partial charge >= 0.3 is 51.2 Å². The van der Waals surface area contributed by atoms with Crippen LogP contribution in [0.5, 0.6) is 0 Å². The fraction of sp³-hybridized carbons (Fsp3) is 0.0395. The van der Waals surface area contributed by atoms with Gasteiger partial charge < -0.3 is 41.0 Å². The number of imidazole rings is 6. The van der Waals surface area contributed by atoms with Crippen LogP contribution in [0.2, 0.25) is 0 Å². The predicted octanol–water partition coefficient (Wildman–Crippen LogP) is 17.9. The van der Waals surface area contributed by atoms with Gasteiger partial charge in [-0.1, -0.05) is 143 Å². The van der Waals surface area contributed by atoms with Gasteiger partial charge in [0.1, 0.15) is 22.7 Å². The molecule has 9 N–H and O–H groups in total. The van der Waals surface area contributed by atoms with Crippen LogP contribution >= 0.6 is 112 Å². The zero-order valence-electron chi connectivity index (χ0n) is 58.7. The van der Waals surface area contributed by atoms with E-state index < -0.39 is 62.0 Å².